The Morgan fingerprint density at radius 3 is 2.46 bits per heavy atom. The molecule has 0 aromatic heterocycles. The first kappa shape index (κ1) is 16.2. The molecule has 1 unspecified atom stereocenters. The molecular weight excluding hydrogens is 298 g/mol. The van der Waals surface area contributed by atoms with Gasteiger partial charge in [-0.3, -0.25) is 4.79 Å². The van der Waals surface area contributed by atoms with Crippen molar-refractivity contribution in [3.05, 3.63) is 83.4 Å². The van der Waals surface area contributed by atoms with Crippen LogP contribution in [0.1, 0.15) is 27.6 Å². The number of rotatable bonds is 5. The van der Waals surface area contributed by atoms with Crippen molar-refractivity contribution in [3.8, 4) is 0 Å². The lowest BCUT2D eigenvalue weighted by molar-refractivity contribution is 0.0826. The molecule has 0 saturated carbocycles. The molecule has 1 N–H and O–H groups in total. The van der Waals surface area contributed by atoms with E-state index in [0.717, 1.165) is 21.9 Å². The first-order valence-corrected chi connectivity index (χ1v) is 8.04. The van der Waals surface area contributed by atoms with E-state index in [1.54, 1.807) is 7.11 Å². The molecule has 3 aromatic rings. The van der Waals surface area contributed by atoms with E-state index in [9.17, 15) is 4.79 Å². The number of carbonyl (C=O) groups is 1. The predicted octanol–water partition coefficient (Wildman–Crippen LogP) is 4.27. The SMILES string of the molecule is COC(CNC(=O)c1ccc2ccccc2c1)c1ccccc1C. The van der Waals surface area contributed by atoms with Gasteiger partial charge in [-0.25, -0.2) is 0 Å². The summed E-state index contributed by atoms with van der Waals surface area (Å²) < 4.78 is 5.56. The summed E-state index contributed by atoms with van der Waals surface area (Å²) in [7, 11) is 1.67. The highest BCUT2D eigenvalue weighted by molar-refractivity contribution is 5.98. The van der Waals surface area contributed by atoms with Gasteiger partial charge in [-0.1, -0.05) is 54.6 Å². The van der Waals surface area contributed by atoms with Gasteiger partial charge in [0.1, 0.15) is 0 Å². The second-order valence-electron chi connectivity index (χ2n) is 5.85. The summed E-state index contributed by atoms with van der Waals surface area (Å²) in [5.74, 6) is -0.0867. The molecule has 1 amide bonds. The van der Waals surface area contributed by atoms with Gasteiger partial charge < -0.3 is 10.1 Å². The van der Waals surface area contributed by atoms with Crippen LogP contribution in [-0.2, 0) is 4.74 Å². The number of carbonyl (C=O) groups excluding carboxylic acids is 1. The summed E-state index contributed by atoms with van der Waals surface area (Å²) in [4.78, 5) is 12.5. The van der Waals surface area contributed by atoms with E-state index in [1.807, 2.05) is 73.7 Å². The lowest BCUT2D eigenvalue weighted by Crippen LogP contribution is -2.29. The fourth-order valence-electron chi connectivity index (χ4n) is 2.89. The van der Waals surface area contributed by atoms with Crippen molar-refractivity contribution in [2.24, 2.45) is 0 Å². The number of nitrogens with one attached hydrogen (secondary N) is 1. The van der Waals surface area contributed by atoms with Crippen LogP contribution < -0.4 is 5.32 Å². The number of amides is 1. The number of methoxy groups -OCH3 is 1. The monoisotopic (exact) mass is 319 g/mol. The average Bonchev–Trinajstić information content (AvgIpc) is 2.63. The molecule has 0 radical (unpaired) electrons. The molecule has 3 nitrogen and oxygen atoms in total. The number of benzene rings is 3. The van der Waals surface area contributed by atoms with Crippen molar-refractivity contribution in [1.82, 2.24) is 5.32 Å². The second-order valence-corrected chi connectivity index (χ2v) is 5.85. The highest BCUT2D eigenvalue weighted by Gasteiger charge is 2.14. The predicted molar refractivity (Wildman–Crippen MR) is 97.2 cm³/mol. The zero-order chi connectivity index (χ0) is 16.9. The summed E-state index contributed by atoms with van der Waals surface area (Å²) in [6.45, 7) is 2.49. The summed E-state index contributed by atoms with van der Waals surface area (Å²) in [6, 6.07) is 21.8. The van der Waals surface area contributed by atoms with Gasteiger partial charge in [0.15, 0.2) is 0 Å². The van der Waals surface area contributed by atoms with Crippen molar-refractivity contribution >= 4 is 16.7 Å². The van der Waals surface area contributed by atoms with Gasteiger partial charge in [0.2, 0.25) is 0 Å². The fraction of sp³-hybridized carbons (Fsp3) is 0.190. The third-order valence-corrected chi connectivity index (χ3v) is 4.28. The largest absolute Gasteiger partial charge is 0.375 e. The standard InChI is InChI=1S/C21H21NO2/c1-15-7-3-6-10-19(15)20(24-2)14-22-21(23)18-12-11-16-8-4-5-9-17(16)13-18/h3-13,20H,14H2,1-2H3,(H,22,23). The lowest BCUT2D eigenvalue weighted by Gasteiger charge is -2.18. The number of hydrogen-bond acceptors (Lipinski definition) is 2. The minimum absolute atomic E-state index is 0.0867. The van der Waals surface area contributed by atoms with E-state index in [-0.39, 0.29) is 12.0 Å². The Kier molecular flexibility index (Phi) is 4.92. The van der Waals surface area contributed by atoms with Gasteiger partial charge >= 0.3 is 0 Å². The first-order valence-electron chi connectivity index (χ1n) is 8.04. The van der Waals surface area contributed by atoms with Crippen LogP contribution in [0.15, 0.2) is 66.7 Å². The molecule has 0 bridgehead atoms. The van der Waals surface area contributed by atoms with Gasteiger partial charge in [0.25, 0.3) is 5.91 Å². The van der Waals surface area contributed by atoms with Gasteiger partial charge in [-0.05, 0) is 41.0 Å². The van der Waals surface area contributed by atoms with E-state index in [4.69, 9.17) is 4.74 Å². The van der Waals surface area contributed by atoms with Crippen LogP contribution in [-0.4, -0.2) is 19.6 Å². The quantitative estimate of drug-likeness (QED) is 0.763. The van der Waals surface area contributed by atoms with Crippen LogP contribution in [0.5, 0.6) is 0 Å². The maximum absolute atomic E-state index is 12.5. The van der Waals surface area contributed by atoms with Crippen LogP contribution in [0.4, 0.5) is 0 Å². The highest BCUT2D eigenvalue weighted by atomic mass is 16.5. The van der Waals surface area contributed by atoms with Gasteiger partial charge in [-0.2, -0.15) is 0 Å². The van der Waals surface area contributed by atoms with Crippen LogP contribution in [0.2, 0.25) is 0 Å². The van der Waals surface area contributed by atoms with Crippen LogP contribution in [0, 0.1) is 6.92 Å². The summed E-state index contributed by atoms with van der Waals surface area (Å²) in [5.41, 5.74) is 2.91. The topological polar surface area (TPSA) is 38.3 Å². The van der Waals surface area contributed by atoms with Gasteiger partial charge in [0, 0.05) is 19.2 Å². The first-order chi connectivity index (χ1) is 11.7. The van der Waals surface area contributed by atoms with Crippen LogP contribution in [0.3, 0.4) is 0 Å². The summed E-state index contributed by atoms with van der Waals surface area (Å²) in [6.07, 6.45) is -0.157. The maximum Gasteiger partial charge on any atom is 0.251 e. The number of ether oxygens (including phenoxy) is 1. The molecule has 0 aliphatic heterocycles. The Morgan fingerprint density at radius 1 is 1.00 bits per heavy atom. The van der Waals surface area contributed by atoms with E-state index in [0.29, 0.717) is 12.1 Å². The van der Waals surface area contributed by atoms with Gasteiger partial charge in [0.05, 0.1) is 6.10 Å². The third-order valence-electron chi connectivity index (χ3n) is 4.28. The zero-order valence-corrected chi connectivity index (χ0v) is 14.0. The summed E-state index contributed by atoms with van der Waals surface area (Å²) in [5, 5.41) is 5.17. The molecular formula is C21H21NO2. The van der Waals surface area contributed by atoms with Crippen molar-refractivity contribution in [1.29, 1.82) is 0 Å². The molecule has 0 fully saturated rings. The van der Waals surface area contributed by atoms with Crippen LogP contribution >= 0.6 is 0 Å². The number of fused-ring (bicyclic) bond motifs is 1. The Balaban J connectivity index is 1.72. The lowest BCUT2D eigenvalue weighted by atomic mass is 10.0. The van der Waals surface area contributed by atoms with Crippen molar-refractivity contribution in [2.75, 3.05) is 13.7 Å². The molecule has 24 heavy (non-hydrogen) atoms. The molecule has 0 saturated heterocycles. The van der Waals surface area contributed by atoms with Crippen LogP contribution in [0.25, 0.3) is 10.8 Å². The zero-order valence-electron chi connectivity index (χ0n) is 14.0. The average molecular weight is 319 g/mol. The molecule has 1 atom stereocenters. The summed E-state index contributed by atoms with van der Waals surface area (Å²) >= 11 is 0. The molecule has 3 rings (SSSR count). The van der Waals surface area contributed by atoms with Crippen molar-refractivity contribution < 1.29 is 9.53 Å². The molecule has 3 heteroatoms. The second kappa shape index (κ2) is 7.28. The molecule has 3 aromatic carbocycles. The Hall–Kier alpha value is -2.65. The number of hydrogen-bond donors (Lipinski definition) is 1. The molecule has 0 aliphatic carbocycles. The molecule has 0 aliphatic rings. The highest BCUT2D eigenvalue weighted by Crippen LogP contribution is 2.20. The normalized spacial score (nSPS) is 12.1. The minimum atomic E-state index is -0.157. The number of aryl methyl sites for hydroxylation is 1. The Bertz CT molecular complexity index is 857. The molecule has 0 heterocycles. The van der Waals surface area contributed by atoms with Crippen molar-refractivity contribution in [2.45, 2.75) is 13.0 Å². The Morgan fingerprint density at radius 2 is 1.71 bits per heavy atom. The third kappa shape index (κ3) is 3.47. The smallest absolute Gasteiger partial charge is 0.251 e. The van der Waals surface area contributed by atoms with Gasteiger partial charge in [-0.15, -0.1) is 0 Å². The van der Waals surface area contributed by atoms with E-state index >= 15 is 0 Å². The van der Waals surface area contributed by atoms with E-state index < -0.39 is 0 Å². The van der Waals surface area contributed by atoms with Crippen molar-refractivity contribution in [3.63, 3.8) is 0 Å². The molecule has 122 valence electrons. The molecule has 0 spiro atoms. The maximum atomic E-state index is 12.5. The Labute approximate surface area is 142 Å². The van der Waals surface area contributed by atoms with E-state index in [1.165, 1.54) is 0 Å². The fourth-order valence-corrected chi connectivity index (χ4v) is 2.89. The minimum Gasteiger partial charge on any atom is -0.375 e. The van der Waals surface area contributed by atoms with E-state index in [2.05, 4.69) is 5.32 Å².